The maximum absolute atomic E-state index is 10.3. The molecule has 0 fully saturated rings. The van der Waals surface area contributed by atoms with Crippen LogP contribution in [0.15, 0.2) is 0 Å². The van der Waals surface area contributed by atoms with E-state index in [1.54, 1.807) is 6.92 Å². The summed E-state index contributed by atoms with van der Waals surface area (Å²) in [5.74, 6) is -1.49. The van der Waals surface area contributed by atoms with E-state index in [-0.39, 0.29) is 0 Å². The molecule has 0 radical (unpaired) electrons. The van der Waals surface area contributed by atoms with Crippen molar-refractivity contribution in [3.63, 3.8) is 0 Å². The quantitative estimate of drug-likeness (QED) is 0.473. The van der Waals surface area contributed by atoms with Gasteiger partial charge in [0.25, 0.3) is 5.91 Å². The van der Waals surface area contributed by atoms with Crippen molar-refractivity contribution in [1.29, 1.82) is 0 Å². The Morgan fingerprint density at radius 3 is 2.00 bits per heavy atom. The fraction of sp³-hybridized carbons (Fsp3) is 0.500. The van der Waals surface area contributed by atoms with Gasteiger partial charge in [-0.05, 0) is 6.92 Å². The van der Waals surface area contributed by atoms with Gasteiger partial charge >= 0.3 is 0 Å². The Morgan fingerprint density at radius 1 is 1.62 bits per heavy atom. The van der Waals surface area contributed by atoms with Crippen LogP contribution >= 0.6 is 15.9 Å². The summed E-state index contributed by atoms with van der Waals surface area (Å²) in [5.41, 5.74) is 4.62. The molecule has 1 unspecified atom stereocenters. The Kier molecular flexibility index (Phi) is 2.68. The van der Waals surface area contributed by atoms with E-state index < -0.39 is 16.5 Å². The van der Waals surface area contributed by atoms with E-state index in [1.807, 2.05) is 0 Å². The number of carbonyl (C=O) groups is 2. The van der Waals surface area contributed by atoms with Gasteiger partial charge in [-0.25, -0.2) is 0 Å². The van der Waals surface area contributed by atoms with Gasteiger partial charge in [-0.3, -0.25) is 9.59 Å². The first-order valence-electron chi connectivity index (χ1n) is 2.03. The Hall–Kier alpha value is -0.380. The van der Waals surface area contributed by atoms with Crippen LogP contribution in [0.1, 0.15) is 6.92 Å². The zero-order valence-electron chi connectivity index (χ0n) is 4.35. The first-order chi connectivity index (χ1) is 3.55. The summed E-state index contributed by atoms with van der Waals surface area (Å²) < 4.78 is 0. The number of hydrogen-bond donors (Lipinski definition) is 1. The maximum atomic E-state index is 10.3. The topological polar surface area (TPSA) is 60.2 Å². The molecule has 0 aromatic rings. The van der Waals surface area contributed by atoms with Gasteiger partial charge in [-0.15, -0.1) is 0 Å². The van der Waals surface area contributed by atoms with Crippen molar-refractivity contribution in [3.05, 3.63) is 0 Å². The monoisotopic (exact) mass is 179 g/mol. The second-order valence-electron chi connectivity index (χ2n) is 1.34. The summed E-state index contributed by atoms with van der Waals surface area (Å²) in [4.78, 5) is 19.8. The number of amides is 1. The molecule has 0 aliphatic rings. The lowest BCUT2D eigenvalue weighted by Crippen LogP contribution is -2.28. The molecule has 3 nitrogen and oxygen atoms in total. The summed E-state index contributed by atoms with van der Waals surface area (Å²) >= 11 is 2.89. The predicted molar refractivity (Wildman–Crippen MR) is 32.6 cm³/mol. The van der Waals surface area contributed by atoms with E-state index in [4.69, 9.17) is 0 Å². The van der Waals surface area contributed by atoms with Crippen molar-refractivity contribution >= 4 is 27.6 Å². The smallest absolute Gasteiger partial charge is 0.285 e. The van der Waals surface area contributed by atoms with E-state index in [0.717, 1.165) is 0 Å². The Labute approximate surface area is 55.4 Å². The lowest BCUT2D eigenvalue weighted by Gasteiger charge is -1.93. The van der Waals surface area contributed by atoms with Gasteiger partial charge in [-0.2, -0.15) is 0 Å². The number of hydrogen-bond acceptors (Lipinski definition) is 2. The molecule has 8 heavy (non-hydrogen) atoms. The number of rotatable bonds is 2. The third-order valence-corrected chi connectivity index (χ3v) is 1.02. The van der Waals surface area contributed by atoms with E-state index in [0.29, 0.717) is 0 Å². The second-order valence-corrected chi connectivity index (χ2v) is 2.72. The zero-order chi connectivity index (χ0) is 6.73. The van der Waals surface area contributed by atoms with Crippen LogP contribution in [0.4, 0.5) is 0 Å². The summed E-state index contributed by atoms with van der Waals surface area (Å²) in [6, 6.07) is 0. The van der Waals surface area contributed by atoms with Gasteiger partial charge in [0, 0.05) is 0 Å². The molecule has 0 aromatic carbocycles. The minimum absolute atomic E-state index is 0.458. The van der Waals surface area contributed by atoms with Crippen molar-refractivity contribution in [3.8, 4) is 0 Å². The third-order valence-electron chi connectivity index (χ3n) is 0.604. The third kappa shape index (κ3) is 2.07. The Balaban J connectivity index is 3.84. The molecule has 0 spiro atoms. The molecule has 0 saturated carbocycles. The van der Waals surface area contributed by atoms with E-state index in [1.165, 1.54) is 0 Å². The largest absolute Gasteiger partial charge is 0.363 e. The van der Waals surface area contributed by atoms with Crippen molar-refractivity contribution < 1.29 is 9.59 Å². The highest BCUT2D eigenvalue weighted by Gasteiger charge is 2.13. The number of nitrogens with two attached hydrogens (primary N) is 1. The number of halogens is 1. The summed E-state index contributed by atoms with van der Waals surface area (Å²) in [6.07, 6.45) is 0. The zero-order valence-corrected chi connectivity index (χ0v) is 5.94. The Bertz CT molecular complexity index is 121. The summed E-state index contributed by atoms with van der Waals surface area (Å²) in [7, 11) is 0. The fourth-order valence-electron chi connectivity index (χ4n) is 0.196. The number of carbonyl (C=O) groups excluding carboxylic acids is 2. The van der Waals surface area contributed by atoms with Gasteiger partial charge in [0.2, 0.25) is 5.78 Å². The van der Waals surface area contributed by atoms with Gasteiger partial charge in [0.05, 0.1) is 4.83 Å². The predicted octanol–water partition coefficient (Wildman–Crippen LogP) is -0.176. The molecule has 0 aliphatic heterocycles. The molecule has 0 bridgehead atoms. The minimum atomic E-state index is -0.894. The normalized spacial score (nSPS) is 12.8. The molecular weight excluding hydrogens is 174 g/mol. The molecule has 0 heterocycles. The SMILES string of the molecule is CC(Br)C(=O)C(N)=O. The average Bonchev–Trinajstić information content (AvgIpc) is 1.64. The van der Waals surface area contributed by atoms with Crippen LogP contribution in [0.25, 0.3) is 0 Å². The molecule has 46 valence electrons. The Morgan fingerprint density at radius 2 is 2.00 bits per heavy atom. The van der Waals surface area contributed by atoms with Gasteiger partial charge in [0.1, 0.15) is 0 Å². The van der Waals surface area contributed by atoms with Crippen molar-refractivity contribution in [1.82, 2.24) is 0 Å². The minimum Gasteiger partial charge on any atom is -0.363 e. The molecule has 2 N–H and O–H groups in total. The van der Waals surface area contributed by atoms with E-state index in [9.17, 15) is 9.59 Å². The number of Topliss-reactive ketones (excluding diaryl/α,β-unsaturated/α-hetero) is 1. The van der Waals surface area contributed by atoms with Crippen LogP contribution < -0.4 is 5.73 Å². The van der Waals surface area contributed by atoms with Crippen LogP contribution in [-0.2, 0) is 9.59 Å². The van der Waals surface area contributed by atoms with E-state index in [2.05, 4.69) is 21.7 Å². The van der Waals surface area contributed by atoms with Gasteiger partial charge < -0.3 is 5.73 Å². The lowest BCUT2D eigenvalue weighted by molar-refractivity contribution is -0.135. The maximum Gasteiger partial charge on any atom is 0.285 e. The van der Waals surface area contributed by atoms with Crippen molar-refractivity contribution in [2.24, 2.45) is 5.73 Å². The van der Waals surface area contributed by atoms with Gasteiger partial charge in [0.15, 0.2) is 0 Å². The standard InChI is InChI=1S/C4H6BrNO2/c1-2(5)3(7)4(6)8/h2H,1H3,(H2,6,8). The lowest BCUT2D eigenvalue weighted by atomic mass is 10.3. The van der Waals surface area contributed by atoms with Crippen LogP contribution in [0.5, 0.6) is 0 Å². The highest BCUT2D eigenvalue weighted by atomic mass is 79.9. The molecule has 0 aliphatic carbocycles. The van der Waals surface area contributed by atoms with Gasteiger partial charge in [-0.1, -0.05) is 15.9 Å². The number of ketones is 1. The highest BCUT2D eigenvalue weighted by molar-refractivity contribution is 9.10. The molecule has 1 amide bonds. The molecule has 0 saturated heterocycles. The second kappa shape index (κ2) is 2.81. The van der Waals surface area contributed by atoms with Crippen LogP contribution in [0.2, 0.25) is 0 Å². The molecule has 0 aromatic heterocycles. The average molecular weight is 180 g/mol. The number of alkyl halides is 1. The van der Waals surface area contributed by atoms with Crippen LogP contribution in [0.3, 0.4) is 0 Å². The molecule has 4 heteroatoms. The van der Waals surface area contributed by atoms with E-state index >= 15 is 0 Å². The molecular formula is C4H6BrNO2. The first-order valence-corrected chi connectivity index (χ1v) is 2.95. The highest BCUT2D eigenvalue weighted by Crippen LogP contribution is 1.96. The molecule has 1 atom stereocenters. The fourth-order valence-corrected chi connectivity index (χ4v) is 0.422. The first kappa shape index (κ1) is 7.62. The van der Waals surface area contributed by atoms with Crippen LogP contribution in [-0.4, -0.2) is 16.5 Å². The number of primary amides is 1. The van der Waals surface area contributed by atoms with Crippen molar-refractivity contribution in [2.45, 2.75) is 11.8 Å². The van der Waals surface area contributed by atoms with Crippen LogP contribution in [0, 0.1) is 0 Å². The summed E-state index contributed by atoms with van der Waals surface area (Å²) in [6.45, 7) is 1.55. The molecule has 0 rings (SSSR count). The van der Waals surface area contributed by atoms with Crippen molar-refractivity contribution in [2.75, 3.05) is 0 Å². The summed E-state index contributed by atoms with van der Waals surface area (Å²) in [5, 5.41) is 0.